The minimum atomic E-state index is -0.907. The van der Waals surface area contributed by atoms with E-state index in [0.29, 0.717) is 15.1 Å². The maximum atomic E-state index is 13.6. The quantitative estimate of drug-likeness (QED) is 0.418. The van der Waals surface area contributed by atoms with Crippen LogP contribution in [-0.4, -0.2) is 21.8 Å². The molecule has 5 nitrogen and oxygen atoms in total. The standard InChI is InChI=1S/C22H12F2N2O3S2/c23-12-5-3-11(4-6-12)19(27)17-18(15-2-1-9-30-15)26(21(29)20(17)28)22-25-14-8-7-13(24)10-16(14)31-22/h1-10,18,28H. The van der Waals surface area contributed by atoms with Crippen LogP contribution in [0.25, 0.3) is 10.2 Å². The molecule has 1 amide bonds. The molecule has 0 aliphatic carbocycles. The van der Waals surface area contributed by atoms with E-state index < -0.39 is 35.1 Å². The Labute approximate surface area is 182 Å². The van der Waals surface area contributed by atoms with Crippen molar-refractivity contribution in [2.24, 2.45) is 0 Å². The molecule has 0 bridgehead atoms. The number of nitrogens with zero attached hydrogens (tertiary/aromatic N) is 2. The van der Waals surface area contributed by atoms with Crippen LogP contribution in [0.1, 0.15) is 21.3 Å². The summed E-state index contributed by atoms with van der Waals surface area (Å²) in [6.45, 7) is 0. The molecule has 4 aromatic rings. The van der Waals surface area contributed by atoms with Gasteiger partial charge in [0.05, 0.1) is 15.8 Å². The molecule has 31 heavy (non-hydrogen) atoms. The highest BCUT2D eigenvalue weighted by molar-refractivity contribution is 7.22. The van der Waals surface area contributed by atoms with Crippen molar-refractivity contribution in [3.63, 3.8) is 0 Å². The number of hydrogen-bond donors (Lipinski definition) is 1. The van der Waals surface area contributed by atoms with Crippen molar-refractivity contribution in [1.29, 1.82) is 0 Å². The van der Waals surface area contributed by atoms with Gasteiger partial charge in [-0.2, -0.15) is 0 Å². The van der Waals surface area contributed by atoms with E-state index in [4.69, 9.17) is 0 Å². The van der Waals surface area contributed by atoms with E-state index in [1.54, 1.807) is 17.5 Å². The molecule has 1 aliphatic rings. The average Bonchev–Trinajstić information content (AvgIpc) is 3.47. The molecule has 2 aromatic heterocycles. The lowest BCUT2D eigenvalue weighted by Gasteiger charge is -2.23. The van der Waals surface area contributed by atoms with Gasteiger partial charge in [0.15, 0.2) is 16.7 Å². The van der Waals surface area contributed by atoms with Gasteiger partial charge in [0.1, 0.15) is 17.7 Å². The van der Waals surface area contributed by atoms with E-state index in [1.165, 1.54) is 46.6 Å². The highest BCUT2D eigenvalue weighted by Crippen LogP contribution is 2.45. The number of benzene rings is 2. The van der Waals surface area contributed by atoms with Crippen LogP contribution < -0.4 is 4.90 Å². The highest BCUT2D eigenvalue weighted by atomic mass is 32.1. The fourth-order valence-corrected chi connectivity index (χ4v) is 5.34. The fraction of sp³-hybridized carbons (Fsp3) is 0.0455. The number of carbonyl (C=O) groups is 2. The normalized spacial score (nSPS) is 16.5. The van der Waals surface area contributed by atoms with Crippen LogP contribution >= 0.6 is 22.7 Å². The van der Waals surface area contributed by atoms with Gasteiger partial charge < -0.3 is 5.11 Å². The molecule has 2 aromatic carbocycles. The first-order valence-corrected chi connectivity index (χ1v) is 10.8. The minimum Gasteiger partial charge on any atom is -0.503 e. The summed E-state index contributed by atoms with van der Waals surface area (Å²) in [5.41, 5.74) is 0.534. The van der Waals surface area contributed by atoms with Gasteiger partial charge in [-0.1, -0.05) is 17.4 Å². The summed E-state index contributed by atoms with van der Waals surface area (Å²) in [4.78, 5) is 32.6. The summed E-state index contributed by atoms with van der Waals surface area (Å²) in [5.74, 6) is -2.98. The van der Waals surface area contributed by atoms with Crippen molar-refractivity contribution >= 4 is 49.7 Å². The maximum Gasteiger partial charge on any atom is 0.296 e. The van der Waals surface area contributed by atoms with Crippen molar-refractivity contribution in [3.8, 4) is 0 Å². The summed E-state index contributed by atoms with van der Waals surface area (Å²) in [7, 11) is 0. The molecule has 0 fully saturated rings. The van der Waals surface area contributed by atoms with Gasteiger partial charge in [-0.15, -0.1) is 11.3 Å². The Morgan fingerprint density at radius 3 is 2.52 bits per heavy atom. The van der Waals surface area contributed by atoms with Gasteiger partial charge in [-0.25, -0.2) is 13.8 Å². The third-order valence-electron chi connectivity index (χ3n) is 4.92. The number of aliphatic hydroxyl groups excluding tert-OH is 1. The highest BCUT2D eigenvalue weighted by Gasteiger charge is 2.46. The van der Waals surface area contributed by atoms with Crippen molar-refractivity contribution in [2.75, 3.05) is 4.90 Å². The second-order valence-corrected chi connectivity index (χ2v) is 8.79. The number of hydrogen-bond acceptors (Lipinski definition) is 6. The number of Topliss-reactive ketones (excluding diaryl/α,β-unsaturated/α-hetero) is 1. The van der Waals surface area contributed by atoms with E-state index in [1.807, 2.05) is 0 Å². The number of anilines is 1. The number of thiophene rings is 1. The molecule has 9 heteroatoms. The Kier molecular flexibility index (Phi) is 4.64. The molecule has 0 saturated heterocycles. The first-order chi connectivity index (χ1) is 14.9. The van der Waals surface area contributed by atoms with E-state index in [0.717, 1.165) is 23.5 Å². The number of fused-ring (bicyclic) bond motifs is 1. The Morgan fingerprint density at radius 1 is 1.06 bits per heavy atom. The zero-order chi connectivity index (χ0) is 21.7. The van der Waals surface area contributed by atoms with Crippen LogP contribution in [0.2, 0.25) is 0 Å². The lowest BCUT2D eigenvalue weighted by molar-refractivity contribution is -0.117. The summed E-state index contributed by atoms with van der Waals surface area (Å²) in [6, 6.07) is 11.6. The monoisotopic (exact) mass is 454 g/mol. The molecule has 5 rings (SSSR count). The first-order valence-electron chi connectivity index (χ1n) is 9.10. The molecule has 154 valence electrons. The number of ketones is 1. The van der Waals surface area contributed by atoms with Crippen LogP contribution in [0.15, 0.2) is 71.3 Å². The Hall–Kier alpha value is -3.43. The van der Waals surface area contributed by atoms with E-state index in [-0.39, 0.29) is 16.3 Å². The summed E-state index contributed by atoms with van der Waals surface area (Å²) >= 11 is 2.40. The smallest absolute Gasteiger partial charge is 0.296 e. The number of thiazole rings is 1. The number of halogens is 2. The molecule has 0 saturated carbocycles. The summed E-state index contributed by atoms with van der Waals surface area (Å²) in [5, 5.41) is 12.7. The number of amides is 1. The number of aromatic nitrogens is 1. The first kappa shape index (κ1) is 19.5. The molecule has 1 N–H and O–H groups in total. The lowest BCUT2D eigenvalue weighted by atomic mass is 9.97. The van der Waals surface area contributed by atoms with Crippen LogP contribution in [0.3, 0.4) is 0 Å². The van der Waals surface area contributed by atoms with E-state index in [2.05, 4.69) is 4.98 Å². The Balaban J connectivity index is 1.65. The van der Waals surface area contributed by atoms with Crippen LogP contribution in [-0.2, 0) is 4.79 Å². The molecule has 3 heterocycles. The van der Waals surface area contributed by atoms with Gasteiger partial charge >= 0.3 is 0 Å². The van der Waals surface area contributed by atoms with Gasteiger partial charge in [0, 0.05) is 10.4 Å². The number of aliphatic hydroxyl groups is 1. The molecule has 0 spiro atoms. The van der Waals surface area contributed by atoms with Crippen molar-refractivity contribution in [2.45, 2.75) is 6.04 Å². The van der Waals surface area contributed by atoms with Crippen LogP contribution in [0.4, 0.5) is 13.9 Å². The summed E-state index contributed by atoms with van der Waals surface area (Å²) in [6.07, 6.45) is 0. The predicted molar refractivity (Wildman–Crippen MR) is 115 cm³/mol. The molecule has 1 unspecified atom stereocenters. The maximum absolute atomic E-state index is 13.6. The molecule has 0 radical (unpaired) electrons. The molecular weight excluding hydrogens is 442 g/mol. The van der Waals surface area contributed by atoms with Crippen molar-refractivity contribution < 1.29 is 23.5 Å². The van der Waals surface area contributed by atoms with Gasteiger partial charge in [0.2, 0.25) is 0 Å². The molecule has 1 aliphatic heterocycles. The topological polar surface area (TPSA) is 70.5 Å². The van der Waals surface area contributed by atoms with Crippen molar-refractivity contribution in [3.05, 3.63) is 93.4 Å². The molecule has 1 atom stereocenters. The Morgan fingerprint density at radius 2 is 1.81 bits per heavy atom. The van der Waals surface area contributed by atoms with E-state index >= 15 is 0 Å². The van der Waals surface area contributed by atoms with Crippen LogP contribution in [0.5, 0.6) is 0 Å². The predicted octanol–water partition coefficient (Wildman–Crippen LogP) is 5.42. The molecular formula is C22H12F2N2O3S2. The van der Waals surface area contributed by atoms with E-state index in [9.17, 15) is 23.5 Å². The minimum absolute atomic E-state index is 0.107. The summed E-state index contributed by atoms with van der Waals surface area (Å²) < 4.78 is 27.5. The van der Waals surface area contributed by atoms with Crippen LogP contribution in [0, 0.1) is 11.6 Å². The second kappa shape index (κ2) is 7.36. The average molecular weight is 454 g/mol. The zero-order valence-corrected chi connectivity index (χ0v) is 17.2. The van der Waals surface area contributed by atoms with Gasteiger partial charge in [-0.05, 0) is 53.9 Å². The lowest BCUT2D eigenvalue weighted by Crippen LogP contribution is -2.30. The SMILES string of the molecule is O=C(C1=C(O)C(=O)N(c2nc3ccc(F)cc3s2)C1c1cccs1)c1ccc(F)cc1. The number of rotatable bonds is 4. The zero-order valence-electron chi connectivity index (χ0n) is 15.6. The fourth-order valence-electron chi connectivity index (χ4n) is 3.50. The third kappa shape index (κ3) is 3.22. The third-order valence-corrected chi connectivity index (χ3v) is 6.86. The second-order valence-electron chi connectivity index (χ2n) is 6.80. The van der Waals surface area contributed by atoms with Crippen molar-refractivity contribution in [1.82, 2.24) is 4.98 Å². The number of carbonyl (C=O) groups excluding carboxylic acids is 2. The largest absolute Gasteiger partial charge is 0.503 e. The van der Waals surface area contributed by atoms with Gasteiger partial charge in [0.25, 0.3) is 5.91 Å². The van der Waals surface area contributed by atoms with Gasteiger partial charge in [-0.3, -0.25) is 14.5 Å². The Bertz CT molecular complexity index is 1360.